The molecule has 2 fully saturated rings. The Morgan fingerprint density at radius 2 is 2.16 bits per heavy atom. The zero-order valence-corrected chi connectivity index (χ0v) is 11.4. The Hall–Kier alpha value is -1.35. The Kier molecular flexibility index (Phi) is 3.56. The van der Waals surface area contributed by atoms with Crippen molar-refractivity contribution >= 4 is 5.97 Å². The van der Waals surface area contributed by atoms with Gasteiger partial charge in [-0.2, -0.15) is 0 Å². The molecule has 0 bridgehead atoms. The third-order valence-electron chi connectivity index (χ3n) is 4.46. The van der Waals surface area contributed by atoms with Crippen LogP contribution in [0, 0.1) is 5.92 Å². The van der Waals surface area contributed by atoms with Crippen LogP contribution in [0.1, 0.15) is 37.8 Å². The van der Waals surface area contributed by atoms with Gasteiger partial charge in [0.15, 0.2) is 0 Å². The third-order valence-corrected chi connectivity index (χ3v) is 4.46. The summed E-state index contributed by atoms with van der Waals surface area (Å²) in [6, 6.07) is 11.3. The van der Waals surface area contributed by atoms with Gasteiger partial charge in [-0.15, -0.1) is 0 Å². The molecule has 3 atom stereocenters. The van der Waals surface area contributed by atoms with Crippen LogP contribution in [-0.2, 0) is 9.53 Å². The van der Waals surface area contributed by atoms with Gasteiger partial charge in [-0.05, 0) is 38.3 Å². The molecule has 2 aliphatic rings. The van der Waals surface area contributed by atoms with Crippen molar-refractivity contribution in [3.05, 3.63) is 35.9 Å². The molecule has 0 spiro atoms. The zero-order valence-electron chi connectivity index (χ0n) is 11.4. The smallest absolute Gasteiger partial charge is 0.310 e. The van der Waals surface area contributed by atoms with E-state index in [4.69, 9.17) is 4.74 Å². The van der Waals surface area contributed by atoms with Crippen LogP contribution < -0.4 is 0 Å². The highest BCUT2D eigenvalue weighted by Gasteiger charge is 2.47. The van der Waals surface area contributed by atoms with Crippen molar-refractivity contribution in [2.75, 3.05) is 13.2 Å². The van der Waals surface area contributed by atoms with Crippen molar-refractivity contribution in [1.82, 2.24) is 4.90 Å². The molecular weight excluding hydrogens is 238 g/mol. The predicted molar refractivity (Wildman–Crippen MR) is 73.7 cm³/mol. The van der Waals surface area contributed by atoms with Crippen molar-refractivity contribution in [3.63, 3.8) is 0 Å². The Morgan fingerprint density at radius 3 is 2.89 bits per heavy atom. The number of ether oxygens (including phenoxy) is 1. The maximum absolute atomic E-state index is 12.1. The lowest BCUT2D eigenvalue weighted by atomic mass is 9.94. The summed E-state index contributed by atoms with van der Waals surface area (Å²) in [4.78, 5) is 14.6. The van der Waals surface area contributed by atoms with Gasteiger partial charge in [0.1, 0.15) is 0 Å². The number of hydrogen-bond acceptors (Lipinski definition) is 3. The fraction of sp³-hybridized carbons (Fsp3) is 0.562. The average molecular weight is 259 g/mol. The van der Waals surface area contributed by atoms with Crippen LogP contribution in [0.3, 0.4) is 0 Å². The summed E-state index contributed by atoms with van der Waals surface area (Å²) in [5, 5.41) is 0. The van der Waals surface area contributed by atoms with E-state index in [-0.39, 0.29) is 11.9 Å². The van der Waals surface area contributed by atoms with E-state index in [0.717, 1.165) is 19.4 Å². The van der Waals surface area contributed by atoms with Crippen LogP contribution >= 0.6 is 0 Å². The molecule has 2 saturated heterocycles. The molecular formula is C16H21NO2. The first-order valence-corrected chi connectivity index (χ1v) is 7.28. The van der Waals surface area contributed by atoms with Crippen molar-refractivity contribution < 1.29 is 9.53 Å². The topological polar surface area (TPSA) is 29.5 Å². The normalized spacial score (nSPS) is 30.3. The second-order valence-electron chi connectivity index (χ2n) is 5.47. The van der Waals surface area contributed by atoms with E-state index < -0.39 is 0 Å². The number of carbonyl (C=O) groups is 1. The fourth-order valence-corrected chi connectivity index (χ4v) is 3.67. The summed E-state index contributed by atoms with van der Waals surface area (Å²) in [5.41, 5.74) is 1.33. The number of hydrogen-bond donors (Lipinski definition) is 0. The monoisotopic (exact) mass is 259 g/mol. The molecule has 1 aromatic carbocycles. The van der Waals surface area contributed by atoms with E-state index in [0.29, 0.717) is 18.7 Å². The number of fused-ring (bicyclic) bond motifs is 1. The van der Waals surface area contributed by atoms with E-state index >= 15 is 0 Å². The average Bonchev–Trinajstić information content (AvgIpc) is 3.01. The highest BCUT2D eigenvalue weighted by Crippen LogP contribution is 2.45. The minimum Gasteiger partial charge on any atom is -0.466 e. The minimum absolute atomic E-state index is 0.00201. The Labute approximate surface area is 114 Å². The molecule has 0 radical (unpaired) electrons. The summed E-state index contributed by atoms with van der Waals surface area (Å²) in [6.07, 6.45) is 3.24. The highest BCUT2D eigenvalue weighted by molar-refractivity contribution is 5.74. The first-order valence-electron chi connectivity index (χ1n) is 7.28. The van der Waals surface area contributed by atoms with Crippen molar-refractivity contribution in [3.8, 4) is 0 Å². The summed E-state index contributed by atoms with van der Waals surface area (Å²) in [6.45, 7) is 3.48. The number of esters is 1. The van der Waals surface area contributed by atoms with E-state index in [1.807, 2.05) is 13.0 Å². The van der Waals surface area contributed by atoms with Crippen molar-refractivity contribution in [1.29, 1.82) is 0 Å². The molecule has 0 unspecified atom stereocenters. The van der Waals surface area contributed by atoms with Crippen LogP contribution in [0.25, 0.3) is 0 Å². The maximum Gasteiger partial charge on any atom is 0.310 e. The van der Waals surface area contributed by atoms with Crippen LogP contribution in [0.4, 0.5) is 0 Å². The maximum atomic E-state index is 12.1. The first kappa shape index (κ1) is 12.7. The summed E-state index contributed by atoms with van der Waals surface area (Å²) in [7, 11) is 0. The van der Waals surface area contributed by atoms with Gasteiger partial charge in [0.2, 0.25) is 0 Å². The van der Waals surface area contributed by atoms with Crippen LogP contribution in [0.5, 0.6) is 0 Å². The first-order chi connectivity index (χ1) is 9.31. The molecule has 3 rings (SSSR count). The molecule has 19 heavy (non-hydrogen) atoms. The van der Waals surface area contributed by atoms with Crippen molar-refractivity contribution in [2.24, 2.45) is 5.92 Å². The van der Waals surface area contributed by atoms with Gasteiger partial charge < -0.3 is 4.74 Å². The highest BCUT2D eigenvalue weighted by atomic mass is 16.5. The van der Waals surface area contributed by atoms with Gasteiger partial charge in [0, 0.05) is 12.1 Å². The predicted octanol–water partition coefficient (Wildman–Crippen LogP) is 2.78. The van der Waals surface area contributed by atoms with Crippen LogP contribution in [0.2, 0.25) is 0 Å². The standard InChI is InChI=1S/C16H21NO2/c1-2-19-16(18)13-11-15(12-7-4-3-5-8-12)17-10-6-9-14(13)17/h3-5,7-8,13-15H,2,6,9-11H2,1H3/t13-,14-,15-/m0/s1. The molecule has 1 aromatic rings. The van der Waals surface area contributed by atoms with Crippen LogP contribution in [-0.4, -0.2) is 30.1 Å². The molecule has 3 heteroatoms. The Balaban J connectivity index is 1.82. The van der Waals surface area contributed by atoms with Gasteiger partial charge in [0.05, 0.1) is 12.5 Å². The molecule has 0 saturated carbocycles. The lowest BCUT2D eigenvalue weighted by Crippen LogP contribution is -2.31. The van der Waals surface area contributed by atoms with Gasteiger partial charge in [-0.25, -0.2) is 0 Å². The van der Waals surface area contributed by atoms with Crippen molar-refractivity contribution in [2.45, 2.75) is 38.3 Å². The number of benzene rings is 1. The summed E-state index contributed by atoms with van der Waals surface area (Å²) in [5.74, 6) is 0.0606. The van der Waals surface area contributed by atoms with E-state index in [2.05, 4.69) is 29.2 Å². The molecule has 0 amide bonds. The lowest BCUT2D eigenvalue weighted by molar-refractivity contribution is -0.148. The lowest BCUT2D eigenvalue weighted by Gasteiger charge is -2.24. The number of nitrogens with zero attached hydrogens (tertiary/aromatic N) is 1. The zero-order chi connectivity index (χ0) is 13.2. The van der Waals surface area contributed by atoms with Gasteiger partial charge >= 0.3 is 5.97 Å². The van der Waals surface area contributed by atoms with Gasteiger partial charge in [-0.1, -0.05) is 30.3 Å². The summed E-state index contributed by atoms with van der Waals surface area (Å²) >= 11 is 0. The SMILES string of the molecule is CCOC(=O)[C@H]1C[C@@H](c2ccccc2)N2CCC[C@@H]12. The third kappa shape index (κ3) is 2.27. The molecule has 102 valence electrons. The molecule has 2 heterocycles. The second kappa shape index (κ2) is 5.33. The van der Waals surface area contributed by atoms with E-state index in [9.17, 15) is 4.79 Å². The summed E-state index contributed by atoms with van der Waals surface area (Å²) < 4.78 is 5.25. The quantitative estimate of drug-likeness (QED) is 0.782. The molecule has 2 aliphatic heterocycles. The van der Waals surface area contributed by atoms with Crippen LogP contribution in [0.15, 0.2) is 30.3 Å². The number of carbonyl (C=O) groups excluding carboxylic acids is 1. The van der Waals surface area contributed by atoms with E-state index in [1.165, 1.54) is 12.0 Å². The minimum atomic E-state index is -0.00201. The van der Waals surface area contributed by atoms with Gasteiger partial charge in [-0.3, -0.25) is 9.69 Å². The molecule has 0 N–H and O–H groups in total. The molecule has 3 nitrogen and oxygen atoms in total. The largest absolute Gasteiger partial charge is 0.466 e. The fourth-order valence-electron chi connectivity index (χ4n) is 3.67. The molecule has 0 aliphatic carbocycles. The Morgan fingerprint density at radius 1 is 1.37 bits per heavy atom. The number of rotatable bonds is 3. The molecule has 0 aromatic heterocycles. The van der Waals surface area contributed by atoms with Gasteiger partial charge in [0.25, 0.3) is 0 Å². The van der Waals surface area contributed by atoms with E-state index in [1.54, 1.807) is 0 Å². The second-order valence-corrected chi connectivity index (χ2v) is 5.47. The Bertz CT molecular complexity index is 445.